The minimum Gasteiger partial charge on any atom is -0.463 e. The average Bonchev–Trinajstić information content (AvgIpc) is 3.00. The summed E-state index contributed by atoms with van der Waals surface area (Å²) < 4.78 is 11.2. The molecule has 0 N–H and O–H groups in total. The zero-order valence-electron chi connectivity index (χ0n) is 17.4. The normalized spacial score (nSPS) is 29.0. The van der Waals surface area contributed by atoms with Gasteiger partial charge in [-0.05, 0) is 46.1 Å². The largest absolute Gasteiger partial charge is 0.463 e. The van der Waals surface area contributed by atoms with E-state index in [4.69, 9.17) is 14.3 Å². The number of esters is 2. The van der Waals surface area contributed by atoms with Gasteiger partial charge in [0.15, 0.2) is 0 Å². The molecule has 2 fully saturated rings. The summed E-state index contributed by atoms with van der Waals surface area (Å²) in [4.78, 5) is 31.0. The molecule has 1 aromatic carbocycles. The SMILES string of the molecule is CC(=O)OC1CC[C@@H]2ON([C@H](C)c3ccccc3)C[C@@]2(C(=O)OC(C)(C)C)C1. The molecule has 4 atom stereocenters. The predicted octanol–water partition coefficient (Wildman–Crippen LogP) is 3.81. The Labute approximate surface area is 167 Å². The second-order valence-electron chi connectivity index (χ2n) is 8.93. The van der Waals surface area contributed by atoms with Gasteiger partial charge in [-0.25, -0.2) is 0 Å². The van der Waals surface area contributed by atoms with Crippen molar-refractivity contribution >= 4 is 11.9 Å². The third-order valence-electron chi connectivity index (χ3n) is 5.51. The standard InChI is InChI=1S/C22H31NO5/c1-15(17-9-7-6-8-10-17)23-14-22(20(25)27-21(3,4)5)13-18(26-16(2)24)11-12-19(22)28-23/h6-10,15,18-19H,11-14H2,1-5H3/t15-,18?,19+,22+/m1/s1. The van der Waals surface area contributed by atoms with E-state index in [-0.39, 0.29) is 30.2 Å². The molecule has 0 aromatic heterocycles. The molecule has 28 heavy (non-hydrogen) atoms. The van der Waals surface area contributed by atoms with Crippen LogP contribution in [0.1, 0.15) is 65.5 Å². The van der Waals surface area contributed by atoms with Crippen molar-refractivity contribution in [1.29, 1.82) is 0 Å². The number of hydrogen-bond acceptors (Lipinski definition) is 6. The summed E-state index contributed by atoms with van der Waals surface area (Å²) in [6, 6.07) is 10.1. The summed E-state index contributed by atoms with van der Waals surface area (Å²) in [5.41, 5.74) is -0.310. The zero-order chi connectivity index (χ0) is 20.5. The highest BCUT2D eigenvalue weighted by atomic mass is 16.7. The number of carbonyl (C=O) groups excluding carboxylic acids is 2. The van der Waals surface area contributed by atoms with Crippen LogP contribution in [0.15, 0.2) is 30.3 Å². The van der Waals surface area contributed by atoms with Crippen molar-refractivity contribution in [1.82, 2.24) is 5.06 Å². The van der Waals surface area contributed by atoms with Gasteiger partial charge in [-0.2, -0.15) is 5.06 Å². The first-order chi connectivity index (χ1) is 13.1. The highest BCUT2D eigenvalue weighted by Crippen LogP contribution is 2.48. The molecule has 2 aliphatic rings. The maximum atomic E-state index is 13.3. The maximum Gasteiger partial charge on any atom is 0.316 e. The summed E-state index contributed by atoms with van der Waals surface area (Å²) in [6.07, 6.45) is 1.18. The van der Waals surface area contributed by atoms with E-state index in [0.717, 1.165) is 5.56 Å². The van der Waals surface area contributed by atoms with E-state index >= 15 is 0 Å². The van der Waals surface area contributed by atoms with E-state index in [1.807, 2.05) is 44.0 Å². The van der Waals surface area contributed by atoms with Crippen LogP contribution in [0, 0.1) is 5.41 Å². The number of rotatable bonds is 4. The molecule has 0 amide bonds. The van der Waals surface area contributed by atoms with Gasteiger partial charge in [-0.3, -0.25) is 14.4 Å². The second-order valence-corrected chi connectivity index (χ2v) is 8.93. The number of hydroxylamine groups is 2. The number of ether oxygens (including phenoxy) is 2. The Morgan fingerprint density at radius 1 is 1.21 bits per heavy atom. The van der Waals surface area contributed by atoms with Crippen LogP contribution in [0.5, 0.6) is 0 Å². The van der Waals surface area contributed by atoms with Crippen molar-refractivity contribution in [3.8, 4) is 0 Å². The van der Waals surface area contributed by atoms with Gasteiger partial charge in [0.1, 0.15) is 17.1 Å². The van der Waals surface area contributed by atoms with E-state index < -0.39 is 11.0 Å². The van der Waals surface area contributed by atoms with Crippen LogP contribution >= 0.6 is 0 Å². The summed E-state index contributed by atoms with van der Waals surface area (Å²) in [5, 5.41) is 1.89. The van der Waals surface area contributed by atoms with Gasteiger partial charge in [0, 0.05) is 19.9 Å². The van der Waals surface area contributed by atoms with Gasteiger partial charge in [0.2, 0.25) is 0 Å². The smallest absolute Gasteiger partial charge is 0.316 e. The van der Waals surface area contributed by atoms with Crippen molar-refractivity contribution in [3.63, 3.8) is 0 Å². The van der Waals surface area contributed by atoms with Gasteiger partial charge in [-0.15, -0.1) is 0 Å². The third kappa shape index (κ3) is 4.39. The van der Waals surface area contributed by atoms with Crippen LogP contribution in [0.3, 0.4) is 0 Å². The molecule has 1 saturated carbocycles. The molecule has 0 radical (unpaired) electrons. The molecule has 1 unspecified atom stereocenters. The van der Waals surface area contributed by atoms with Crippen LogP contribution in [0.25, 0.3) is 0 Å². The molecular weight excluding hydrogens is 358 g/mol. The Morgan fingerprint density at radius 2 is 1.89 bits per heavy atom. The molecule has 1 aliphatic heterocycles. The number of carbonyl (C=O) groups is 2. The molecule has 0 bridgehead atoms. The molecular formula is C22H31NO5. The second kappa shape index (κ2) is 7.84. The fraction of sp³-hybridized carbons (Fsp3) is 0.636. The summed E-state index contributed by atoms with van der Waals surface area (Å²) in [6.45, 7) is 9.48. The number of benzene rings is 1. The fourth-order valence-corrected chi connectivity index (χ4v) is 4.17. The predicted molar refractivity (Wildman–Crippen MR) is 104 cm³/mol. The molecule has 1 aromatic rings. The maximum absolute atomic E-state index is 13.3. The molecule has 0 spiro atoms. The molecule has 3 rings (SSSR count). The van der Waals surface area contributed by atoms with Gasteiger partial charge >= 0.3 is 11.9 Å². The summed E-state index contributed by atoms with van der Waals surface area (Å²) in [5.74, 6) is -0.596. The Bertz CT molecular complexity index is 713. The first kappa shape index (κ1) is 20.8. The highest BCUT2D eigenvalue weighted by molar-refractivity contribution is 5.79. The van der Waals surface area contributed by atoms with Crippen molar-refractivity contribution in [2.75, 3.05) is 6.54 Å². The number of fused-ring (bicyclic) bond motifs is 1. The van der Waals surface area contributed by atoms with Gasteiger partial charge in [-0.1, -0.05) is 30.3 Å². The van der Waals surface area contributed by atoms with Crippen molar-refractivity contribution in [2.45, 2.75) is 77.7 Å². The van der Waals surface area contributed by atoms with Crippen LogP contribution in [-0.4, -0.2) is 41.4 Å². The number of nitrogens with zero attached hydrogens (tertiary/aromatic N) is 1. The van der Waals surface area contributed by atoms with Crippen molar-refractivity contribution in [2.24, 2.45) is 5.41 Å². The van der Waals surface area contributed by atoms with Gasteiger partial charge in [0.25, 0.3) is 0 Å². The quantitative estimate of drug-likeness (QED) is 0.730. The highest BCUT2D eigenvalue weighted by Gasteiger charge is 2.59. The van der Waals surface area contributed by atoms with Crippen LogP contribution in [-0.2, 0) is 23.9 Å². The van der Waals surface area contributed by atoms with Gasteiger partial charge < -0.3 is 9.47 Å². The minimum absolute atomic E-state index is 0.00159. The average molecular weight is 389 g/mol. The van der Waals surface area contributed by atoms with Gasteiger partial charge in [0.05, 0.1) is 12.1 Å². The lowest BCUT2D eigenvalue weighted by molar-refractivity contribution is -0.194. The van der Waals surface area contributed by atoms with Crippen molar-refractivity contribution < 1.29 is 23.9 Å². The van der Waals surface area contributed by atoms with E-state index in [1.165, 1.54) is 6.92 Å². The molecule has 1 saturated heterocycles. The van der Waals surface area contributed by atoms with Crippen LogP contribution < -0.4 is 0 Å². The van der Waals surface area contributed by atoms with Crippen molar-refractivity contribution in [3.05, 3.63) is 35.9 Å². The monoisotopic (exact) mass is 389 g/mol. The number of hydrogen-bond donors (Lipinski definition) is 0. The van der Waals surface area contributed by atoms with Crippen LogP contribution in [0.2, 0.25) is 0 Å². The Morgan fingerprint density at radius 3 is 2.50 bits per heavy atom. The molecule has 6 heteroatoms. The molecule has 154 valence electrons. The molecule has 1 heterocycles. The Balaban J connectivity index is 1.86. The van der Waals surface area contributed by atoms with E-state index in [1.54, 1.807) is 0 Å². The summed E-state index contributed by atoms with van der Waals surface area (Å²) >= 11 is 0. The Hall–Kier alpha value is -1.92. The lowest BCUT2D eigenvalue weighted by Crippen LogP contribution is -2.51. The topological polar surface area (TPSA) is 65.1 Å². The lowest BCUT2D eigenvalue weighted by Gasteiger charge is -2.39. The Kier molecular flexibility index (Phi) is 5.82. The molecule has 6 nitrogen and oxygen atoms in total. The lowest BCUT2D eigenvalue weighted by atomic mass is 9.71. The van der Waals surface area contributed by atoms with Crippen LogP contribution in [0.4, 0.5) is 0 Å². The molecule has 1 aliphatic carbocycles. The first-order valence-electron chi connectivity index (χ1n) is 10.00. The zero-order valence-corrected chi connectivity index (χ0v) is 17.4. The minimum atomic E-state index is -0.839. The van der Waals surface area contributed by atoms with E-state index in [0.29, 0.717) is 25.8 Å². The fourth-order valence-electron chi connectivity index (χ4n) is 4.17. The van der Waals surface area contributed by atoms with E-state index in [2.05, 4.69) is 19.1 Å². The first-order valence-corrected chi connectivity index (χ1v) is 10.00. The summed E-state index contributed by atoms with van der Waals surface area (Å²) in [7, 11) is 0. The van der Waals surface area contributed by atoms with E-state index in [9.17, 15) is 9.59 Å². The third-order valence-corrected chi connectivity index (χ3v) is 5.51.